The molecule has 2 N–H and O–H groups in total. The molecule has 5 rings (SSSR count). The predicted molar refractivity (Wildman–Crippen MR) is 145 cm³/mol. The second-order valence-electron chi connectivity index (χ2n) is 9.92. The van der Waals surface area contributed by atoms with E-state index in [2.05, 4.69) is 15.6 Å². The molecule has 2 fully saturated rings. The zero-order valence-corrected chi connectivity index (χ0v) is 21.5. The van der Waals surface area contributed by atoms with Gasteiger partial charge in [-0.1, -0.05) is 0 Å². The average molecular weight is 503 g/mol. The number of aryl methyl sites for hydroxylation is 2. The van der Waals surface area contributed by atoms with Crippen molar-refractivity contribution in [2.24, 2.45) is 4.99 Å². The third-order valence-electron chi connectivity index (χ3n) is 6.89. The molecule has 2 saturated heterocycles. The topological polar surface area (TPSA) is 103 Å². The van der Waals surface area contributed by atoms with Gasteiger partial charge in [0, 0.05) is 36.9 Å². The molecule has 37 heavy (non-hydrogen) atoms. The number of aromatic nitrogens is 1. The number of furan rings is 1. The van der Waals surface area contributed by atoms with Gasteiger partial charge in [-0.15, -0.1) is 0 Å². The minimum absolute atomic E-state index is 0.0274. The first kappa shape index (κ1) is 24.8. The Labute approximate surface area is 216 Å². The van der Waals surface area contributed by atoms with E-state index in [-0.39, 0.29) is 18.4 Å². The molecule has 9 nitrogen and oxygen atoms in total. The van der Waals surface area contributed by atoms with E-state index < -0.39 is 6.04 Å². The SMILES string of the molecule is Cc1ccnc(NC(=NC2CCCCN(CC(=O)N3CCCC3)C2=O)Nc2ccc3oc(C)cc3c2)c1. The summed E-state index contributed by atoms with van der Waals surface area (Å²) in [5, 5.41) is 7.60. The molecule has 2 amide bonds. The van der Waals surface area contributed by atoms with Crippen molar-refractivity contribution in [2.75, 3.05) is 36.8 Å². The molecule has 1 atom stereocenters. The standard InChI is InChI=1S/C28H34N6O3/c1-19-10-11-29-25(15-19)32-28(30-22-8-9-24-21(17-22)16-20(2)37-24)31-23-7-3-4-14-34(27(23)36)18-26(35)33-12-5-6-13-33/h8-11,15-17,23H,3-7,12-14,18H2,1-2H3,(H2,29,30,31,32). The highest BCUT2D eigenvalue weighted by molar-refractivity contribution is 6.05. The number of fused-ring (bicyclic) bond motifs is 1. The Morgan fingerprint density at radius 1 is 1.05 bits per heavy atom. The van der Waals surface area contributed by atoms with E-state index in [4.69, 9.17) is 9.41 Å². The van der Waals surface area contributed by atoms with Gasteiger partial charge < -0.3 is 24.9 Å². The monoisotopic (exact) mass is 502 g/mol. The zero-order valence-electron chi connectivity index (χ0n) is 21.5. The molecule has 2 aromatic heterocycles. The highest BCUT2D eigenvalue weighted by atomic mass is 16.3. The fourth-order valence-corrected chi connectivity index (χ4v) is 4.96. The fourth-order valence-electron chi connectivity index (χ4n) is 4.96. The molecule has 2 aliphatic heterocycles. The molecule has 9 heteroatoms. The Morgan fingerprint density at radius 3 is 2.68 bits per heavy atom. The number of anilines is 2. The van der Waals surface area contributed by atoms with Crippen molar-refractivity contribution in [3.05, 3.63) is 53.9 Å². The molecule has 0 aliphatic carbocycles. The first-order valence-corrected chi connectivity index (χ1v) is 13.1. The summed E-state index contributed by atoms with van der Waals surface area (Å²) in [5.41, 5.74) is 2.69. The maximum Gasteiger partial charge on any atom is 0.247 e. The second kappa shape index (κ2) is 11.0. The van der Waals surface area contributed by atoms with Crippen molar-refractivity contribution in [3.8, 4) is 0 Å². The Morgan fingerprint density at radius 2 is 1.86 bits per heavy atom. The lowest BCUT2D eigenvalue weighted by Gasteiger charge is -2.25. The van der Waals surface area contributed by atoms with Crippen molar-refractivity contribution >= 4 is 40.2 Å². The maximum absolute atomic E-state index is 13.5. The fraction of sp³-hybridized carbons (Fsp3) is 0.429. The average Bonchev–Trinajstić information content (AvgIpc) is 3.50. The van der Waals surface area contributed by atoms with Gasteiger partial charge in [-0.2, -0.15) is 0 Å². The van der Waals surface area contributed by atoms with Crippen LogP contribution in [-0.2, 0) is 9.59 Å². The molecule has 0 radical (unpaired) electrons. The molecule has 3 aromatic rings. The van der Waals surface area contributed by atoms with E-state index in [0.29, 0.717) is 24.7 Å². The van der Waals surface area contributed by atoms with Crippen LogP contribution in [-0.4, -0.2) is 64.8 Å². The molecule has 4 heterocycles. The summed E-state index contributed by atoms with van der Waals surface area (Å²) in [5.74, 6) is 1.83. The molecular weight excluding hydrogens is 468 g/mol. The van der Waals surface area contributed by atoms with Crippen LogP contribution in [0.3, 0.4) is 0 Å². The van der Waals surface area contributed by atoms with Crippen LogP contribution in [0.4, 0.5) is 11.5 Å². The highest BCUT2D eigenvalue weighted by Crippen LogP contribution is 2.23. The van der Waals surface area contributed by atoms with Crippen LogP contribution >= 0.6 is 0 Å². The van der Waals surface area contributed by atoms with Gasteiger partial charge in [-0.05, 0) is 87.9 Å². The normalized spacial score (nSPS) is 18.8. The van der Waals surface area contributed by atoms with Crippen LogP contribution in [0.15, 0.2) is 52.0 Å². The summed E-state index contributed by atoms with van der Waals surface area (Å²) in [7, 11) is 0. The number of pyridine rings is 1. The Bertz CT molecular complexity index is 1310. The summed E-state index contributed by atoms with van der Waals surface area (Å²) in [6, 6.07) is 11.1. The zero-order chi connectivity index (χ0) is 25.8. The predicted octanol–water partition coefficient (Wildman–Crippen LogP) is 4.33. The molecular formula is C28H34N6O3. The maximum atomic E-state index is 13.5. The summed E-state index contributed by atoms with van der Waals surface area (Å²) >= 11 is 0. The highest BCUT2D eigenvalue weighted by Gasteiger charge is 2.30. The number of carbonyl (C=O) groups excluding carboxylic acids is 2. The van der Waals surface area contributed by atoms with E-state index in [9.17, 15) is 9.59 Å². The lowest BCUT2D eigenvalue weighted by molar-refractivity contribution is -0.140. The number of hydrogen-bond donors (Lipinski definition) is 2. The van der Waals surface area contributed by atoms with Crippen LogP contribution in [0.5, 0.6) is 0 Å². The number of carbonyl (C=O) groups is 2. The first-order chi connectivity index (χ1) is 17.9. The van der Waals surface area contributed by atoms with Gasteiger partial charge in [0.25, 0.3) is 0 Å². The molecule has 1 aromatic carbocycles. The summed E-state index contributed by atoms with van der Waals surface area (Å²) in [4.78, 5) is 39.1. The first-order valence-electron chi connectivity index (χ1n) is 13.1. The quantitative estimate of drug-likeness (QED) is 0.398. The Kier molecular flexibility index (Phi) is 7.39. The van der Waals surface area contributed by atoms with Gasteiger partial charge in [0.05, 0.1) is 6.54 Å². The molecule has 194 valence electrons. The van der Waals surface area contributed by atoms with Gasteiger partial charge in [0.2, 0.25) is 17.8 Å². The van der Waals surface area contributed by atoms with Crippen LogP contribution in [0, 0.1) is 13.8 Å². The van der Waals surface area contributed by atoms with Crippen molar-refractivity contribution in [1.29, 1.82) is 0 Å². The number of nitrogens with one attached hydrogen (secondary N) is 2. The van der Waals surface area contributed by atoms with Crippen LogP contribution in [0.1, 0.15) is 43.4 Å². The minimum Gasteiger partial charge on any atom is -0.461 e. The van der Waals surface area contributed by atoms with Crippen molar-refractivity contribution in [2.45, 2.75) is 52.0 Å². The number of benzene rings is 1. The lowest BCUT2D eigenvalue weighted by atomic mass is 10.1. The number of rotatable bonds is 5. The minimum atomic E-state index is -0.589. The van der Waals surface area contributed by atoms with Crippen LogP contribution in [0.25, 0.3) is 11.0 Å². The number of guanidine groups is 1. The number of amides is 2. The van der Waals surface area contributed by atoms with E-state index in [1.807, 2.05) is 55.1 Å². The van der Waals surface area contributed by atoms with Gasteiger partial charge in [0.1, 0.15) is 23.2 Å². The number of hydrogen-bond acceptors (Lipinski definition) is 5. The van der Waals surface area contributed by atoms with Crippen molar-refractivity contribution in [1.82, 2.24) is 14.8 Å². The summed E-state index contributed by atoms with van der Waals surface area (Å²) < 4.78 is 5.70. The number of nitrogens with zero attached hydrogens (tertiary/aromatic N) is 4. The molecule has 0 spiro atoms. The number of aliphatic imine (C=N–C) groups is 1. The largest absolute Gasteiger partial charge is 0.461 e. The van der Waals surface area contributed by atoms with E-state index in [1.54, 1.807) is 11.1 Å². The van der Waals surface area contributed by atoms with Crippen LogP contribution in [0.2, 0.25) is 0 Å². The van der Waals surface area contributed by atoms with Gasteiger partial charge in [0.15, 0.2) is 0 Å². The Balaban J connectivity index is 1.40. The lowest BCUT2D eigenvalue weighted by Crippen LogP contribution is -2.45. The summed E-state index contributed by atoms with van der Waals surface area (Å²) in [6.07, 6.45) is 6.15. The molecule has 1 unspecified atom stereocenters. The van der Waals surface area contributed by atoms with Gasteiger partial charge in [-0.25, -0.2) is 9.98 Å². The smallest absolute Gasteiger partial charge is 0.247 e. The van der Waals surface area contributed by atoms with Crippen molar-refractivity contribution < 1.29 is 14.0 Å². The van der Waals surface area contributed by atoms with Gasteiger partial charge in [-0.3, -0.25) is 9.59 Å². The Hall–Kier alpha value is -3.88. The third kappa shape index (κ3) is 6.10. The molecule has 2 aliphatic rings. The number of likely N-dealkylation sites (tertiary alicyclic amines) is 2. The van der Waals surface area contributed by atoms with Crippen molar-refractivity contribution in [3.63, 3.8) is 0 Å². The third-order valence-corrected chi connectivity index (χ3v) is 6.89. The molecule has 0 saturated carbocycles. The summed E-state index contributed by atoms with van der Waals surface area (Å²) in [6.45, 7) is 6.18. The van der Waals surface area contributed by atoms with Crippen LogP contribution < -0.4 is 10.6 Å². The van der Waals surface area contributed by atoms with Gasteiger partial charge >= 0.3 is 0 Å². The van der Waals surface area contributed by atoms with E-state index in [1.165, 1.54) is 0 Å². The van der Waals surface area contributed by atoms with E-state index >= 15 is 0 Å². The molecule has 0 bridgehead atoms. The van der Waals surface area contributed by atoms with E-state index in [0.717, 1.165) is 66.8 Å². The second-order valence-corrected chi connectivity index (χ2v) is 9.92.